The minimum Gasteiger partial charge on any atom is -0.351 e. The number of benzene rings is 1. The SMILES string of the molecule is Cn1nc(Br)c2c(N3CCCCC3CNC(=O)c3ccccc3)ncnc21. The fourth-order valence-corrected chi connectivity index (χ4v) is 4.23. The van der Waals surface area contributed by atoms with E-state index in [9.17, 15) is 4.79 Å². The van der Waals surface area contributed by atoms with E-state index in [1.165, 1.54) is 0 Å². The largest absolute Gasteiger partial charge is 0.351 e. The van der Waals surface area contributed by atoms with E-state index in [0.29, 0.717) is 12.1 Å². The van der Waals surface area contributed by atoms with Crippen molar-refractivity contribution in [3.63, 3.8) is 0 Å². The van der Waals surface area contributed by atoms with Crippen LogP contribution in [0.3, 0.4) is 0 Å². The monoisotopic (exact) mass is 428 g/mol. The van der Waals surface area contributed by atoms with Crippen LogP contribution in [0, 0.1) is 0 Å². The lowest BCUT2D eigenvalue weighted by Gasteiger charge is -2.37. The molecule has 2 aromatic heterocycles. The van der Waals surface area contributed by atoms with Crippen molar-refractivity contribution in [1.29, 1.82) is 0 Å². The van der Waals surface area contributed by atoms with Gasteiger partial charge in [-0.05, 0) is 47.3 Å². The summed E-state index contributed by atoms with van der Waals surface area (Å²) in [6, 6.07) is 9.50. The molecule has 3 aromatic rings. The van der Waals surface area contributed by atoms with E-state index in [1.807, 2.05) is 37.4 Å². The molecule has 0 bridgehead atoms. The molecule has 0 saturated carbocycles. The molecular formula is C19H21BrN6O. The number of aromatic nitrogens is 4. The van der Waals surface area contributed by atoms with Gasteiger partial charge in [0.1, 0.15) is 16.7 Å². The number of amides is 1. The van der Waals surface area contributed by atoms with Crippen LogP contribution in [-0.4, -0.2) is 44.8 Å². The Morgan fingerprint density at radius 2 is 2.07 bits per heavy atom. The Balaban J connectivity index is 1.57. The minimum atomic E-state index is -0.0449. The average molecular weight is 429 g/mol. The van der Waals surface area contributed by atoms with Crippen molar-refractivity contribution in [3.05, 3.63) is 46.8 Å². The van der Waals surface area contributed by atoms with Gasteiger partial charge >= 0.3 is 0 Å². The molecule has 1 N–H and O–H groups in total. The number of carbonyl (C=O) groups excluding carboxylic acids is 1. The van der Waals surface area contributed by atoms with Crippen molar-refractivity contribution in [3.8, 4) is 0 Å². The Morgan fingerprint density at radius 1 is 1.26 bits per heavy atom. The maximum Gasteiger partial charge on any atom is 0.251 e. The van der Waals surface area contributed by atoms with Gasteiger partial charge in [0.05, 0.1) is 5.39 Å². The van der Waals surface area contributed by atoms with Gasteiger partial charge < -0.3 is 10.2 Å². The Kier molecular flexibility index (Phi) is 5.07. The molecule has 140 valence electrons. The van der Waals surface area contributed by atoms with E-state index in [2.05, 4.69) is 41.2 Å². The first-order valence-electron chi connectivity index (χ1n) is 9.08. The number of piperidine rings is 1. The number of hydrogen-bond acceptors (Lipinski definition) is 5. The molecule has 0 radical (unpaired) electrons. The first kappa shape index (κ1) is 17.9. The average Bonchev–Trinajstić information content (AvgIpc) is 3.01. The van der Waals surface area contributed by atoms with Crippen LogP contribution < -0.4 is 10.2 Å². The van der Waals surface area contributed by atoms with Crippen molar-refractivity contribution >= 4 is 38.7 Å². The zero-order chi connectivity index (χ0) is 18.8. The normalized spacial score (nSPS) is 17.3. The van der Waals surface area contributed by atoms with Gasteiger partial charge in [-0.2, -0.15) is 5.10 Å². The second-order valence-electron chi connectivity index (χ2n) is 6.73. The number of nitrogens with one attached hydrogen (secondary N) is 1. The summed E-state index contributed by atoms with van der Waals surface area (Å²) in [6.45, 7) is 1.48. The van der Waals surface area contributed by atoms with Gasteiger partial charge in [0.25, 0.3) is 5.91 Å². The highest BCUT2D eigenvalue weighted by Crippen LogP contribution is 2.32. The van der Waals surface area contributed by atoms with Crippen LogP contribution in [0.15, 0.2) is 41.3 Å². The highest BCUT2D eigenvalue weighted by atomic mass is 79.9. The van der Waals surface area contributed by atoms with E-state index >= 15 is 0 Å². The number of carbonyl (C=O) groups is 1. The van der Waals surface area contributed by atoms with Crippen LogP contribution in [0.25, 0.3) is 11.0 Å². The number of anilines is 1. The van der Waals surface area contributed by atoms with Gasteiger partial charge in [-0.3, -0.25) is 4.79 Å². The predicted octanol–water partition coefficient (Wildman–Crippen LogP) is 2.91. The molecule has 27 heavy (non-hydrogen) atoms. The summed E-state index contributed by atoms with van der Waals surface area (Å²) in [7, 11) is 1.87. The topological polar surface area (TPSA) is 75.9 Å². The molecule has 1 saturated heterocycles. The van der Waals surface area contributed by atoms with Crippen LogP contribution in [0.4, 0.5) is 5.82 Å². The summed E-state index contributed by atoms with van der Waals surface area (Å²) in [6.07, 6.45) is 4.84. The molecule has 4 rings (SSSR count). The Hall–Kier alpha value is -2.48. The quantitative estimate of drug-likeness (QED) is 0.691. The fraction of sp³-hybridized carbons (Fsp3) is 0.368. The third kappa shape index (κ3) is 3.53. The second kappa shape index (κ2) is 7.64. The van der Waals surface area contributed by atoms with Crippen LogP contribution in [0.1, 0.15) is 29.6 Å². The van der Waals surface area contributed by atoms with Gasteiger partial charge in [0, 0.05) is 31.7 Å². The van der Waals surface area contributed by atoms with Gasteiger partial charge in [-0.15, -0.1) is 0 Å². The molecule has 8 heteroatoms. The van der Waals surface area contributed by atoms with Crippen LogP contribution in [-0.2, 0) is 7.05 Å². The molecule has 1 amide bonds. The summed E-state index contributed by atoms with van der Waals surface area (Å²) in [5.41, 5.74) is 1.48. The third-order valence-corrected chi connectivity index (χ3v) is 5.55. The number of halogens is 1. The molecule has 1 fully saturated rings. The van der Waals surface area contributed by atoms with E-state index in [4.69, 9.17) is 0 Å². The number of aryl methyl sites for hydroxylation is 1. The molecule has 7 nitrogen and oxygen atoms in total. The molecule has 1 atom stereocenters. The van der Waals surface area contributed by atoms with Crippen molar-refractivity contribution < 1.29 is 4.79 Å². The molecule has 1 aliphatic rings. The van der Waals surface area contributed by atoms with Gasteiger partial charge in [0.15, 0.2) is 5.65 Å². The highest BCUT2D eigenvalue weighted by Gasteiger charge is 2.27. The van der Waals surface area contributed by atoms with Crippen LogP contribution in [0.5, 0.6) is 0 Å². The lowest BCUT2D eigenvalue weighted by Crippen LogP contribution is -2.47. The van der Waals surface area contributed by atoms with Crippen molar-refractivity contribution in [2.45, 2.75) is 25.3 Å². The molecule has 1 unspecified atom stereocenters. The molecule has 3 heterocycles. The van der Waals surface area contributed by atoms with E-state index in [0.717, 1.165) is 47.3 Å². The van der Waals surface area contributed by atoms with Crippen molar-refractivity contribution in [2.75, 3.05) is 18.0 Å². The highest BCUT2D eigenvalue weighted by molar-refractivity contribution is 9.10. The van der Waals surface area contributed by atoms with Gasteiger partial charge in [0.2, 0.25) is 0 Å². The third-order valence-electron chi connectivity index (χ3n) is 4.99. The number of fused-ring (bicyclic) bond motifs is 1. The Labute approximate surface area is 165 Å². The predicted molar refractivity (Wildman–Crippen MR) is 108 cm³/mol. The van der Waals surface area contributed by atoms with Crippen molar-refractivity contribution in [1.82, 2.24) is 25.1 Å². The number of nitrogens with zero attached hydrogens (tertiary/aromatic N) is 5. The minimum absolute atomic E-state index is 0.0449. The number of hydrogen-bond donors (Lipinski definition) is 1. The summed E-state index contributed by atoms with van der Waals surface area (Å²) in [5.74, 6) is 0.829. The maximum atomic E-state index is 12.4. The zero-order valence-electron chi connectivity index (χ0n) is 15.1. The lowest BCUT2D eigenvalue weighted by atomic mass is 10.0. The molecule has 1 aliphatic heterocycles. The fourth-order valence-electron chi connectivity index (χ4n) is 3.64. The first-order chi connectivity index (χ1) is 13.1. The first-order valence-corrected chi connectivity index (χ1v) is 9.87. The summed E-state index contributed by atoms with van der Waals surface area (Å²) >= 11 is 3.54. The second-order valence-corrected chi connectivity index (χ2v) is 7.48. The summed E-state index contributed by atoms with van der Waals surface area (Å²) in [5, 5.41) is 8.42. The Morgan fingerprint density at radius 3 is 2.89 bits per heavy atom. The Bertz CT molecular complexity index is 957. The van der Waals surface area contributed by atoms with E-state index < -0.39 is 0 Å². The molecule has 1 aromatic carbocycles. The molecule has 0 aliphatic carbocycles. The van der Waals surface area contributed by atoms with Crippen molar-refractivity contribution in [2.24, 2.45) is 7.05 Å². The van der Waals surface area contributed by atoms with Crippen LogP contribution in [0.2, 0.25) is 0 Å². The lowest BCUT2D eigenvalue weighted by molar-refractivity contribution is 0.0949. The standard InChI is InChI=1S/C19H21BrN6O/c1-25-17-15(16(20)24-25)18(23-12-22-17)26-10-6-5-9-14(26)11-21-19(27)13-7-3-2-4-8-13/h2-4,7-8,12,14H,5-6,9-11H2,1H3,(H,21,27). The van der Waals surface area contributed by atoms with Gasteiger partial charge in [-0.25, -0.2) is 14.6 Å². The smallest absolute Gasteiger partial charge is 0.251 e. The van der Waals surface area contributed by atoms with Gasteiger partial charge in [-0.1, -0.05) is 18.2 Å². The van der Waals surface area contributed by atoms with E-state index in [-0.39, 0.29) is 11.9 Å². The molecular weight excluding hydrogens is 408 g/mol. The number of rotatable bonds is 4. The molecule has 0 spiro atoms. The van der Waals surface area contributed by atoms with Crippen LogP contribution >= 0.6 is 15.9 Å². The maximum absolute atomic E-state index is 12.4. The summed E-state index contributed by atoms with van der Waals surface area (Å²) < 4.78 is 2.49. The summed E-state index contributed by atoms with van der Waals surface area (Å²) in [4.78, 5) is 23.6. The zero-order valence-corrected chi connectivity index (χ0v) is 16.7. The van der Waals surface area contributed by atoms with E-state index in [1.54, 1.807) is 11.0 Å².